The topological polar surface area (TPSA) is 71.4 Å². The van der Waals surface area contributed by atoms with E-state index in [0.717, 1.165) is 0 Å². The van der Waals surface area contributed by atoms with Crippen LogP contribution in [-0.4, -0.2) is 31.0 Å². The summed E-state index contributed by atoms with van der Waals surface area (Å²) in [7, 11) is -2.88. The molecule has 1 unspecified atom stereocenters. The molecule has 1 aliphatic carbocycles. The van der Waals surface area contributed by atoms with Gasteiger partial charge in [-0.3, -0.25) is 4.79 Å². The molecule has 0 amide bonds. The zero-order valence-electron chi connectivity index (χ0n) is 8.06. The van der Waals surface area contributed by atoms with E-state index in [1.54, 1.807) is 0 Å². The number of hydrogen-bond donors (Lipinski definition) is 1. The standard InChI is InChI=1S/C9H14O4S/c1-9(4-7(9)8(10)11)6-2-3-14(12,13)5-6/h6-7H,2-5H2,1H3,(H,10,11)/t6?,7-,9-/m1/s1. The van der Waals surface area contributed by atoms with Crippen molar-refractivity contribution in [3.8, 4) is 0 Å². The molecule has 1 saturated heterocycles. The molecule has 0 radical (unpaired) electrons. The molecule has 1 saturated carbocycles. The molecule has 2 fully saturated rings. The van der Waals surface area contributed by atoms with Gasteiger partial charge in [-0.1, -0.05) is 6.92 Å². The lowest BCUT2D eigenvalue weighted by atomic mass is 9.88. The van der Waals surface area contributed by atoms with Crippen LogP contribution in [0, 0.1) is 17.3 Å². The largest absolute Gasteiger partial charge is 0.481 e. The Kier molecular flexibility index (Phi) is 1.93. The number of carboxylic acids is 1. The van der Waals surface area contributed by atoms with Crippen LogP contribution in [0.15, 0.2) is 0 Å². The SMILES string of the molecule is C[C@]1(C2CCS(=O)(=O)C2)C[C@@H]1C(=O)O. The van der Waals surface area contributed by atoms with E-state index in [1.807, 2.05) is 6.92 Å². The molecule has 0 aromatic carbocycles. The molecular weight excluding hydrogens is 204 g/mol. The summed E-state index contributed by atoms with van der Waals surface area (Å²) in [5, 5.41) is 8.83. The van der Waals surface area contributed by atoms with Gasteiger partial charge in [0.15, 0.2) is 9.84 Å². The van der Waals surface area contributed by atoms with E-state index in [0.29, 0.717) is 12.8 Å². The van der Waals surface area contributed by atoms with Crippen LogP contribution in [0.3, 0.4) is 0 Å². The fourth-order valence-electron chi connectivity index (χ4n) is 2.52. The summed E-state index contributed by atoms with van der Waals surface area (Å²) < 4.78 is 22.5. The molecule has 80 valence electrons. The predicted octanol–water partition coefficient (Wildman–Crippen LogP) is 0.532. The highest BCUT2D eigenvalue weighted by Crippen LogP contribution is 2.60. The van der Waals surface area contributed by atoms with Gasteiger partial charge in [-0.15, -0.1) is 0 Å². The smallest absolute Gasteiger partial charge is 0.307 e. The average molecular weight is 218 g/mol. The lowest BCUT2D eigenvalue weighted by Crippen LogP contribution is -2.19. The van der Waals surface area contributed by atoms with Crippen molar-refractivity contribution in [3.63, 3.8) is 0 Å². The fraction of sp³-hybridized carbons (Fsp3) is 0.889. The maximum Gasteiger partial charge on any atom is 0.307 e. The Morgan fingerprint density at radius 2 is 2.14 bits per heavy atom. The van der Waals surface area contributed by atoms with Gasteiger partial charge in [-0.05, 0) is 24.2 Å². The van der Waals surface area contributed by atoms with Crippen molar-refractivity contribution < 1.29 is 18.3 Å². The number of aliphatic carboxylic acids is 1. The Morgan fingerprint density at radius 3 is 2.50 bits per heavy atom. The second-order valence-electron chi connectivity index (χ2n) is 4.70. The van der Waals surface area contributed by atoms with Gasteiger partial charge in [0, 0.05) is 0 Å². The van der Waals surface area contributed by atoms with Crippen molar-refractivity contribution >= 4 is 15.8 Å². The van der Waals surface area contributed by atoms with Crippen LogP contribution in [-0.2, 0) is 14.6 Å². The molecule has 5 heteroatoms. The van der Waals surface area contributed by atoms with Crippen LogP contribution in [0.25, 0.3) is 0 Å². The summed E-state index contributed by atoms with van der Waals surface area (Å²) in [6, 6.07) is 0. The fourth-order valence-corrected chi connectivity index (χ4v) is 4.49. The van der Waals surface area contributed by atoms with Gasteiger partial charge in [0.05, 0.1) is 17.4 Å². The molecule has 0 spiro atoms. The van der Waals surface area contributed by atoms with Crippen molar-refractivity contribution in [3.05, 3.63) is 0 Å². The van der Waals surface area contributed by atoms with Crippen molar-refractivity contribution in [2.75, 3.05) is 11.5 Å². The predicted molar refractivity (Wildman–Crippen MR) is 50.6 cm³/mol. The minimum Gasteiger partial charge on any atom is -0.481 e. The first kappa shape index (κ1) is 9.96. The summed E-state index contributed by atoms with van der Waals surface area (Å²) in [5.74, 6) is -0.612. The third kappa shape index (κ3) is 1.43. The van der Waals surface area contributed by atoms with Crippen LogP contribution in [0.1, 0.15) is 19.8 Å². The second kappa shape index (κ2) is 2.72. The van der Waals surface area contributed by atoms with Crippen LogP contribution in [0.5, 0.6) is 0 Å². The van der Waals surface area contributed by atoms with Gasteiger partial charge >= 0.3 is 5.97 Å². The van der Waals surface area contributed by atoms with E-state index < -0.39 is 15.8 Å². The summed E-state index contributed by atoms with van der Waals surface area (Å²) in [4.78, 5) is 10.7. The Labute approximate surface area is 83.2 Å². The molecule has 14 heavy (non-hydrogen) atoms. The van der Waals surface area contributed by atoms with Crippen molar-refractivity contribution in [2.45, 2.75) is 19.8 Å². The number of rotatable bonds is 2. The normalized spacial score (nSPS) is 44.9. The van der Waals surface area contributed by atoms with E-state index in [2.05, 4.69) is 0 Å². The van der Waals surface area contributed by atoms with Gasteiger partial charge < -0.3 is 5.11 Å². The lowest BCUT2D eigenvalue weighted by Gasteiger charge is -2.16. The van der Waals surface area contributed by atoms with Gasteiger partial charge in [0.2, 0.25) is 0 Å². The lowest BCUT2D eigenvalue weighted by molar-refractivity contribution is -0.139. The molecule has 3 atom stereocenters. The highest BCUT2D eigenvalue weighted by Gasteiger charge is 2.60. The average Bonchev–Trinajstić information content (AvgIpc) is 2.61. The van der Waals surface area contributed by atoms with E-state index in [9.17, 15) is 13.2 Å². The minimum atomic E-state index is -2.88. The maximum absolute atomic E-state index is 11.2. The summed E-state index contributed by atoms with van der Waals surface area (Å²) in [5.41, 5.74) is -0.255. The monoisotopic (exact) mass is 218 g/mol. The van der Waals surface area contributed by atoms with E-state index in [-0.39, 0.29) is 28.8 Å². The maximum atomic E-state index is 11.2. The Hall–Kier alpha value is -0.580. The van der Waals surface area contributed by atoms with Gasteiger partial charge in [0.1, 0.15) is 0 Å². The van der Waals surface area contributed by atoms with Crippen molar-refractivity contribution in [1.29, 1.82) is 0 Å². The molecule has 0 aromatic heterocycles. The Morgan fingerprint density at radius 1 is 1.50 bits per heavy atom. The van der Waals surface area contributed by atoms with Crippen LogP contribution in [0.4, 0.5) is 0 Å². The number of hydrogen-bond acceptors (Lipinski definition) is 3. The van der Waals surface area contributed by atoms with Crippen LogP contribution in [0.2, 0.25) is 0 Å². The first-order chi connectivity index (χ1) is 6.35. The number of sulfone groups is 1. The van der Waals surface area contributed by atoms with Crippen LogP contribution >= 0.6 is 0 Å². The minimum absolute atomic E-state index is 0.0635. The molecule has 1 heterocycles. The third-order valence-corrected chi connectivity index (χ3v) is 5.51. The highest BCUT2D eigenvalue weighted by molar-refractivity contribution is 7.91. The summed E-state index contributed by atoms with van der Waals surface area (Å²) in [6.45, 7) is 1.90. The highest BCUT2D eigenvalue weighted by atomic mass is 32.2. The van der Waals surface area contributed by atoms with E-state index in [1.165, 1.54) is 0 Å². The van der Waals surface area contributed by atoms with Crippen LogP contribution < -0.4 is 0 Å². The zero-order chi connectivity index (χ0) is 10.6. The Balaban J connectivity index is 2.09. The van der Waals surface area contributed by atoms with Gasteiger partial charge in [-0.2, -0.15) is 0 Å². The molecule has 4 nitrogen and oxygen atoms in total. The van der Waals surface area contributed by atoms with Crippen molar-refractivity contribution in [1.82, 2.24) is 0 Å². The molecule has 0 aromatic rings. The number of carbonyl (C=O) groups is 1. The molecule has 0 bridgehead atoms. The molecule has 1 aliphatic heterocycles. The zero-order valence-corrected chi connectivity index (χ0v) is 8.88. The first-order valence-corrected chi connectivity index (χ1v) is 6.60. The summed E-state index contributed by atoms with van der Waals surface area (Å²) in [6.07, 6.45) is 1.28. The molecule has 1 N–H and O–H groups in total. The molecule has 2 aliphatic rings. The van der Waals surface area contributed by atoms with Gasteiger partial charge in [-0.25, -0.2) is 8.42 Å². The van der Waals surface area contributed by atoms with Crippen molar-refractivity contribution in [2.24, 2.45) is 17.3 Å². The first-order valence-electron chi connectivity index (χ1n) is 4.78. The quantitative estimate of drug-likeness (QED) is 0.734. The third-order valence-electron chi connectivity index (χ3n) is 3.74. The molecular formula is C9H14O4S. The number of carboxylic acid groups (broad SMARTS) is 1. The van der Waals surface area contributed by atoms with E-state index >= 15 is 0 Å². The second-order valence-corrected chi connectivity index (χ2v) is 6.93. The summed E-state index contributed by atoms with van der Waals surface area (Å²) >= 11 is 0. The Bertz CT molecular complexity index is 372. The molecule has 2 rings (SSSR count). The van der Waals surface area contributed by atoms with E-state index in [4.69, 9.17) is 5.11 Å². The van der Waals surface area contributed by atoms with Gasteiger partial charge in [0.25, 0.3) is 0 Å².